The molecule has 1 saturated carbocycles. The van der Waals surface area contributed by atoms with E-state index in [2.05, 4.69) is 22.0 Å². The third kappa shape index (κ3) is 7.83. The van der Waals surface area contributed by atoms with E-state index in [-0.39, 0.29) is 29.9 Å². The maximum Gasteiger partial charge on any atom is 0.257 e. The third-order valence-corrected chi connectivity index (χ3v) is 7.94. The van der Waals surface area contributed by atoms with Crippen LogP contribution in [0.1, 0.15) is 119 Å². The van der Waals surface area contributed by atoms with Crippen molar-refractivity contribution in [3.05, 3.63) is 41.5 Å². The van der Waals surface area contributed by atoms with Gasteiger partial charge in [-0.15, -0.1) is 0 Å². The first-order valence-electron chi connectivity index (χ1n) is 15.1. The molecular weight excluding hydrogens is 492 g/mol. The molecule has 1 aromatic heterocycles. The van der Waals surface area contributed by atoms with Crippen LogP contribution in [-0.4, -0.2) is 63.5 Å². The summed E-state index contributed by atoms with van der Waals surface area (Å²) < 4.78 is 12.1. The zero-order chi connectivity index (χ0) is 27.6. The van der Waals surface area contributed by atoms with Gasteiger partial charge in [-0.2, -0.15) is 4.98 Å². The fourth-order valence-electron chi connectivity index (χ4n) is 5.79. The lowest BCUT2D eigenvalue weighted by molar-refractivity contribution is -0.137. The highest BCUT2D eigenvalue weighted by atomic mass is 16.5. The van der Waals surface area contributed by atoms with Crippen molar-refractivity contribution in [3.8, 4) is 5.75 Å². The van der Waals surface area contributed by atoms with E-state index >= 15 is 0 Å². The third-order valence-electron chi connectivity index (χ3n) is 7.94. The largest absolute Gasteiger partial charge is 0.487 e. The number of amides is 2. The molecule has 2 aliphatic rings. The van der Waals surface area contributed by atoms with Crippen LogP contribution in [0.5, 0.6) is 5.75 Å². The number of ether oxygens (including phenoxy) is 1. The van der Waals surface area contributed by atoms with Crippen LogP contribution in [-0.2, 0) is 11.2 Å². The molecule has 214 valence electrons. The molecule has 2 aromatic rings. The summed E-state index contributed by atoms with van der Waals surface area (Å²) in [7, 11) is 0. The summed E-state index contributed by atoms with van der Waals surface area (Å²) >= 11 is 0. The molecule has 0 bridgehead atoms. The summed E-state index contributed by atoms with van der Waals surface area (Å²) in [4.78, 5) is 35.8. The van der Waals surface area contributed by atoms with Crippen molar-refractivity contribution in [2.75, 3.05) is 19.6 Å². The lowest BCUT2D eigenvalue weighted by atomic mass is 9.90. The topological polar surface area (TPSA) is 88.8 Å². The number of benzene rings is 1. The molecule has 8 heteroatoms. The molecule has 0 spiro atoms. The Labute approximate surface area is 233 Å². The highest BCUT2D eigenvalue weighted by Gasteiger charge is 2.35. The van der Waals surface area contributed by atoms with Crippen LogP contribution < -0.4 is 4.74 Å². The minimum absolute atomic E-state index is 0.0137. The van der Waals surface area contributed by atoms with Crippen LogP contribution in [0.15, 0.2) is 28.8 Å². The Kier molecular flexibility index (Phi) is 10.8. The lowest BCUT2D eigenvalue weighted by Gasteiger charge is -2.40. The number of aromatic nitrogens is 2. The first-order valence-corrected chi connectivity index (χ1v) is 15.1. The molecule has 0 saturated heterocycles. The van der Waals surface area contributed by atoms with Gasteiger partial charge >= 0.3 is 0 Å². The molecule has 0 radical (unpaired) electrons. The summed E-state index contributed by atoms with van der Waals surface area (Å²) in [6, 6.07) is 7.63. The molecule has 0 N–H and O–H groups in total. The first-order chi connectivity index (χ1) is 19.0. The Hall–Kier alpha value is -2.90. The number of hydrogen-bond acceptors (Lipinski definition) is 6. The number of aryl methyl sites for hydroxylation is 1. The molecule has 1 aliphatic heterocycles. The summed E-state index contributed by atoms with van der Waals surface area (Å²) in [5.74, 6) is 2.18. The molecule has 0 unspecified atom stereocenters. The molecule has 1 aliphatic carbocycles. The van der Waals surface area contributed by atoms with E-state index in [0.717, 1.165) is 83.8 Å². The second-order valence-corrected chi connectivity index (χ2v) is 11.4. The van der Waals surface area contributed by atoms with Crippen LogP contribution in [0, 0.1) is 0 Å². The van der Waals surface area contributed by atoms with Gasteiger partial charge in [0.05, 0.1) is 11.6 Å². The van der Waals surface area contributed by atoms with Gasteiger partial charge in [0.1, 0.15) is 11.9 Å². The number of hydrogen-bond donors (Lipinski definition) is 0. The molecule has 2 heterocycles. The molecule has 1 aromatic carbocycles. The zero-order valence-electron chi connectivity index (χ0n) is 24.1. The van der Waals surface area contributed by atoms with Gasteiger partial charge in [-0.25, -0.2) is 0 Å². The second-order valence-electron chi connectivity index (χ2n) is 11.4. The van der Waals surface area contributed by atoms with Gasteiger partial charge in [0, 0.05) is 38.4 Å². The molecule has 39 heavy (non-hydrogen) atoms. The van der Waals surface area contributed by atoms with Gasteiger partial charge < -0.3 is 19.1 Å². The number of nitrogens with zero attached hydrogens (tertiary/aromatic N) is 4. The van der Waals surface area contributed by atoms with Crippen molar-refractivity contribution < 1.29 is 18.8 Å². The lowest BCUT2D eigenvalue weighted by Crippen LogP contribution is -2.51. The van der Waals surface area contributed by atoms with E-state index < -0.39 is 0 Å². The average Bonchev–Trinajstić information content (AvgIpc) is 3.42. The Bertz CT molecular complexity index is 1070. The fourth-order valence-corrected chi connectivity index (χ4v) is 5.79. The maximum absolute atomic E-state index is 13.7. The van der Waals surface area contributed by atoms with Gasteiger partial charge in [-0.1, -0.05) is 63.7 Å². The van der Waals surface area contributed by atoms with Crippen LogP contribution in [0.25, 0.3) is 0 Å². The van der Waals surface area contributed by atoms with Crippen LogP contribution in [0.4, 0.5) is 0 Å². The highest BCUT2D eigenvalue weighted by Crippen LogP contribution is 2.31. The molecule has 1 fully saturated rings. The van der Waals surface area contributed by atoms with Crippen molar-refractivity contribution >= 4 is 11.8 Å². The smallest absolute Gasteiger partial charge is 0.257 e. The van der Waals surface area contributed by atoms with Crippen molar-refractivity contribution in [1.82, 2.24) is 19.9 Å². The van der Waals surface area contributed by atoms with Gasteiger partial charge in [-0.3, -0.25) is 9.59 Å². The van der Waals surface area contributed by atoms with Gasteiger partial charge in [0.15, 0.2) is 5.82 Å². The Morgan fingerprint density at radius 3 is 2.54 bits per heavy atom. The van der Waals surface area contributed by atoms with Crippen molar-refractivity contribution in [2.24, 2.45) is 0 Å². The number of rotatable bonds is 6. The van der Waals surface area contributed by atoms with E-state index in [1.165, 1.54) is 0 Å². The Balaban J connectivity index is 1.56. The minimum atomic E-state index is -0.141. The average molecular weight is 539 g/mol. The van der Waals surface area contributed by atoms with Crippen LogP contribution in [0.3, 0.4) is 0 Å². The molecule has 4 rings (SSSR count). The van der Waals surface area contributed by atoms with E-state index in [1.807, 2.05) is 43.0 Å². The molecule has 8 nitrogen and oxygen atoms in total. The van der Waals surface area contributed by atoms with Gasteiger partial charge in [-0.05, 0) is 50.7 Å². The van der Waals surface area contributed by atoms with E-state index in [9.17, 15) is 9.59 Å². The summed E-state index contributed by atoms with van der Waals surface area (Å²) in [5, 5.41) is 4.05. The highest BCUT2D eigenvalue weighted by molar-refractivity contribution is 5.97. The second kappa shape index (κ2) is 14.5. The Morgan fingerprint density at radius 2 is 1.77 bits per heavy atom. The maximum atomic E-state index is 13.7. The quantitative estimate of drug-likeness (QED) is 0.438. The fraction of sp³-hybridized carbons (Fsp3) is 0.677. The monoisotopic (exact) mass is 538 g/mol. The predicted molar refractivity (Wildman–Crippen MR) is 151 cm³/mol. The summed E-state index contributed by atoms with van der Waals surface area (Å²) in [5.41, 5.74) is 0.625. The van der Waals surface area contributed by atoms with E-state index in [1.54, 1.807) is 0 Å². The summed E-state index contributed by atoms with van der Waals surface area (Å²) in [6.45, 7) is 8.42. The van der Waals surface area contributed by atoms with Crippen molar-refractivity contribution in [1.29, 1.82) is 0 Å². The Morgan fingerprint density at radius 1 is 1.03 bits per heavy atom. The minimum Gasteiger partial charge on any atom is -0.487 e. The van der Waals surface area contributed by atoms with E-state index in [0.29, 0.717) is 35.9 Å². The van der Waals surface area contributed by atoms with Crippen LogP contribution in [0.2, 0.25) is 0 Å². The van der Waals surface area contributed by atoms with Gasteiger partial charge in [0.2, 0.25) is 11.8 Å². The van der Waals surface area contributed by atoms with E-state index in [4.69, 9.17) is 9.26 Å². The molecule has 2 amide bonds. The predicted octanol–water partition coefficient (Wildman–Crippen LogP) is 6.16. The molecular formula is C31H46N4O4. The number of carbonyl (C=O) groups excluding carboxylic acids is 2. The number of carbonyl (C=O) groups is 2. The molecule has 2 atom stereocenters. The zero-order valence-corrected chi connectivity index (χ0v) is 24.1. The first kappa shape index (κ1) is 29.1. The SMILES string of the molecule is CCCN1CCCCCCCN(C(=O)CCc2nc(C(C)C)no2)[C@@H]2CCCC[C@@H]2Oc2ccccc2C1=O. The van der Waals surface area contributed by atoms with Gasteiger partial charge in [0.25, 0.3) is 5.91 Å². The standard InChI is InChI=1S/C31H46N4O4/c1-4-20-34-21-12-6-5-7-13-22-35(29(36)19-18-28-32-30(23(2)3)33-39-28)25-15-9-11-17-27(25)38-26-16-10-8-14-24(26)31(34)37/h8,10,14,16,23,25,27H,4-7,9,11-13,15,17-22H2,1-3H3/t25-,27+/m1/s1. The number of fused-ring (bicyclic) bond motifs is 2. The normalized spacial score (nSPS) is 21.5. The number of para-hydroxylation sites is 1. The van der Waals surface area contributed by atoms with Crippen LogP contribution >= 0.6 is 0 Å². The van der Waals surface area contributed by atoms with Crippen molar-refractivity contribution in [3.63, 3.8) is 0 Å². The summed E-state index contributed by atoms with van der Waals surface area (Å²) in [6.07, 6.45) is 10.7. The van der Waals surface area contributed by atoms with Crippen molar-refractivity contribution in [2.45, 2.75) is 116 Å².